The molecule has 0 amide bonds. The number of benzene rings is 3. The van der Waals surface area contributed by atoms with Crippen molar-refractivity contribution < 1.29 is 0 Å². The molecule has 0 bridgehead atoms. The average Bonchev–Trinajstić information content (AvgIpc) is 2.56. The lowest BCUT2D eigenvalue weighted by molar-refractivity contribution is 0.652. The fourth-order valence-electron chi connectivity index (χ4n) is 2.95. The van der Waals surface area contributed by atoms with Crippen molar-refractivity contribution in [3.05, 3.63) is 106 Å². The Bertz CT molecular complexity index is 670. The fourth-order valence-corrected chi connectivity index (χ4v) is 2.95. The molecule has 116 valence electrons. The van der Waals surface area contributed by atoms with Crippen LogP contribution >= 0.6 is 0 Å². The Balaban J connectivity index is 2.21. The van der Waals surface area contributed by atoms with Crippen molar-refractivity contribution in [1.29, 1.82) is 0 Å². The Morgan fingerprint density at radius 2 is 0.696 bits per heavy atom. The van der Waals surface area contributed by atoms with Crippen molar-refractivity contribution >= 4 is 0 Å². The van der Waals surface area contributed by atoms with Gasteiger partial charge in [0.1, 0.15) is 0 Å². The van der Waals surface area contributed by atoms with Crippen LogP contribution in [-0.4, -0.2) is 0 Å². The molecule has 0 radical (unpaired) electrons. The minimum Gasteiger partial charge on any atom is -0.314 e. The van der Waals surface area contributed by atoms with Gasteiger partial charge >= 0.3 is 0 Å². The summed E-state index contributed by atoms with van der Waals surface area (Å²) in [5, 5.41) is 0. The van der Waals surface area contributed by atoms with Crippen LogP contribution in [0.3, 0.4) is 0 Å². The Hall–Kier alpha value is -2.38. The molecule has 0 unspecified atom stereocenters. The molecule has 0 aliphatic carbocycles. The van der Waals surface area contributed by atoms with Gasteiger partial charge in [-0.25, -0.2) is 0 Å². The van der Waals surface area contributed by atoms with E-state index in [4.69, 9.17) is 5.73 Å². The van der Waals surface area contributed by atoms with Crippen LogP contribution in [0.4, 0.5) is 0 Å². The molecule has 0 aromatic heterocycles. The van der Waals surface area contributed by atoms with Gasteiger partial charge in [-0.3, -0.25) is 0 Å². The van der Waals surface area contributed by atoms with E-state index in [0.717, 1.165) is 16.7 Å². The van der Waals surface area contributed by atoms with Crippen molar-refractivity contribution in [3.8, 4) is 0 Å². The van der Waals surface area contributed by atoms with Crippen molar-refractivity contribution in [1.82, 2.24) is 0 Å². The molecule has 1 heteroatoms. The molecule has 0 saturated heterocycles. The van der Waals surface area contributed by atoms with Gasteiger partial charge in [0.15, 0.2) is 0 Å². The topological polar surface area (TPSA) is 26.0 Å². The Labute approximate surface area is 138 Å². The van der Waals surface area contributed by atoms with Crippen LogP contribution in [0.1, 0.15) is 33.4 Å². The predicted octanol–water partition coefficient (Wildman–Crippen LogP) is 4.86. The molecule has 3 aromatic carbocycles. The summed E-state index contributed by atoms with van der Waals surface area (Å²) in [5.74, 6) is 0. The molecule has 2 N–H and O–H groups in total. The highest BCUT2D eigenvalue weighted by Gasteiger charge is 2.31. The van der Waals surface area contributed by atoms with Crippen molar-refractivity contribution in [2.24, 2.45) is 5.73 Å². The van der Waals surface area contributed by atoms with Gasteiger partial charge in [-0.05, 0) is 37.5 Å². The zero-order chi connectivity index (χ0) is 16.4. The maximum absolute atomic E-state index is 7.01. The highest BCUT2D eigenvalue weighted by atomic mass is 14.7. The third-order valence-electron chi connectivity index (χ3n) is 4.52. The van der Waals surface area contributed by atoms with Crippen LogP contribution in [0.15, 0.2) is 72.8 Å². The fraction of sp³-hybridized carbons (Fsp3) is 0.182. The number of nitrogens with two attached hydrogens (primary N) is 1. The third-order valence-corrected chi connectivity index (χ3v) is 4.52. The van der Waals surface area contributed by atoms with Crippen LogP contribution in [0, 0.1) is 20.8 Å². The second kappa shape index (κ2) is 6.02. The van der Waals surface area contributed by atoms with Gasteiger partial charge in [0.25, 0.3) is 0 Å². The minimum atomic E-state index is -0.644. The van der Waals surface area contributed by atoms with Gasteiger partial charge in [0, 0.05) is 0 Å². The van der Waals surface area contributed by atoms with E-state index < -0.39 is 5.54 Å². The normalized spacial score (nSPS) is 11.5. The monoisotopic (exact) mass is 301 g/mol. The van der Waals surface area contributed by atoms with Crippen LogP contribution in [-0.2, 0) is 5.54 Å². The number of hydrogen-bond acceptors (Lipinski definition) is 1. The van der Waals surface area contributed by atoms with E-state index >= 15 is 0 Å². The Morgan fingerprint density at radius 3 is 0.913 bits per heavy atom. The van der Waals surface area contributed by atoms with E-state index in [2.05, 4.69) is 93.6 Å². The maximum Gasteiger partial charge on any atom is 0.0922 e. The molecule has 0 aliphatic rings. The van der Waals surface area contributed by atoms with Crippen molar-refractivity contribution in [3.63, 3.8) is 0 Å². The number of rotatable bonds is 3. The molecule has 0 spiro atoms. The van der Waals surface area contributed by atoms with Gasteiger partial charge in [-0.15, -0.1) is 0 Å². The second-order valence-corrected chi connectivity index (χ2v) is 6.41. The molecule has 23 heavy (non-hydrogen) atoms. The molecule has 0 heterocycles. The summed E-state index contributed by atoms with van der Waals surface area (Å²) in [7, 11) is 0. The second-order valence-electron chi connectivity index (χ2n) is 6.41. The highest BCUT2D eigenvalue weighted by Crippen LogP contribution is 2.34. The van der Waals surface area contributed by atoms with Gasteiger partial charge in [0.2, 0.25) is 0 Å². The van der Waals surface area contributed by atoms with Crippen molar-refractivity contribution in [2.75, 3.05) is 0 Å². The first-order chi connectivity index (χ1) is 11.0. The van der Waals surface area contributed by atoms with E-state index in [0.29, 0.717) is 0 Å². The molecule has 0 aliphatic heterocycles. The molecule has 0 atom stereocenters. The van der Waals surface area contributed by atoms with Gasteiger partial charge < -0.3 is 5.73 Å². The van der Waals surface area contributed by atoms with E-state index in [1.165, 1.54) is 16.7 Å². The molecule has 1 nitrogen and oxygen atoms in total. The first kappa shape index (κ1) is 15.5. The minimum absolute atomic E-state index is 0.644. The largest absolute Gasteiger partial charge is 0.314 e. The summed E-state index contributed by atoms with van der Waals surface area (Å²) in [6.07, 6.45) is 0. The van der Waals surface area contributed by atoms with E-state index in [9.17, 15) is 0 Å². The van der Waals surface area contributed by atoms with E-state index in [-0.39, 0.29) is 0 Å². The van der Waals surface area contributed by atoms with Crippen LogP contribution in [0.5, 0.6) is 0 Å². The van der Waals surface area contributed by atoms with Crippen LogP contribution in [0.2, 0.25) is 0 Å². The summed E-state index contributed by atoms with van der Waals surface area (Å²) >= 11 is 0. The van der Waals surface area contributed by atoms with Gasteiger partial charge in [0.05, 0.1) is 5.54 Å². The predicted molar refractivity (Wildman–Crippen MR) is 97.6 cm³/mol. The highest BCUT2D eigenvalue weighted by molar-refractivity contribution is 5.50. The number of hydrogen-bond donors (Lipinski definition) is 1. The molecule has 3 aromatic rings. The standard InChI is InChI=1S/C22H23N/c1-16-4-10-19(11-5-16)22(23,20-12-6-17(2)7-13-20)21-14-8-18(3)9-15-21/h4-15H,23H2,1-3H3. The zero-order valence-electron chi connectivity index (χ0n) is 14.0. The van der Waals surface area contributed by atoms with Crippen LogP contribution in [0.25, 0.3) is 0 Å². The quantitative estimate of drug-likeness (QED) is 0.687. The molecular weight excluding hydrogens is 278 g/mol. The van der Waals surface area contributed by atoms with E-state index in [1.54, 1.807) is 0 Å². The lowest BCUT2D eigenvalue weighted by Crippen LogP contribution is -2.39. The zero-order valence-corrected chi connectivity index (χ0v) is 14.0. The van der Waals surface area contributed by atoms with Crippen LogP contribution < -0.4 is 5.73 Å². The molecule has 3 rings (SSSR count). The average molecular weight is 301 g/mol. The van der Waals surface area contributed by atoms with E-state index in [1.807, 2.05) is 0 Å². The molecule has 0 fully saturated rings. The first-order valence-electron chi connectivity index (χ1n) is 8.00. The first-order valence-corrected chi connectivity index (χ1v) is 8.00. The maximum atomic E-state index is 7.01. The number of aryl methyl sites for hydroxylation is 3. The smallest absolute Gasteiger partial charge is 0.0922 e. The summed E-state index contributed by atoms with van der Waals surface area (Å²) in [4.78, 5) is 0. The summed E-state index contributed by atoms with van der Waals surface area (Å²) in [6, 6.07) is 25.5. The molecule has 0 saturated carbocycles. The Morgan fingerprint density at radius 1 is 0.478 bits per heavy atom. The van der Waals surface area contributed by atoms with Gasteiger partial charge in [-0.1, -0.05) is 89.5 Å². The van der Waals surface area contributed by atoms with Crippen molar-refractivity contribution in [2.45, 2.75) is 26.3 Å². The van der Waals surface area contributed by atoms with Gasteiger partial charge in [-0.2, -0.15) is 0 Å². The SMILES string of the molecule is Cc1ccc(C(N)(c2ccc(C)cc2)c2ccc(C)cc2)cc1. The molecular formula is C22H23N. The lowest BCUT2D eigenvalue weighted by Gasteiger charge is -2.32. The summed E-state index contributed by atoms with van der Waals surface area (Å²) in [5.41, 5.74) is 13.4. The lowest BCUT2D eigenvalue weighted by atomic mass is 9.77. The summed E-state index contributed by atoms with van der Waals surface area (Å²) < 4.78 is 0. The summed E-state index contributed by atoms with van der Waals surface area (Å²) in [6.45, 7) is 6.29. The Kier molecular flexibility index (Phi) is 4.06. The third kappa shape index (κ3) is 2.93.